The zero-order valence-electron chi connectivity index (χ0n) is 31.1. The van der Waals surface area contributed by atoms with Crippen LogP contribution in [-0.2, 0) is 40.4 Å². The fourth-order valence-electron chi connectivity index (χ4n) is 10.1. The Hall–Kier alpha value is -3.80. The van der Waals surface area contributed by atoms with E-state index in [1.165, 1.54) is 0 Å². The predicted octanol–water partition coefficient (Wildman–Crippen LogP) is 5.98. The molecule has 2 aromatic rings. The van der Waals surface area contributed by atoms with Crippen molar-refractivity contribution in [3.05, 3.63) is 48.7 Å². The number of cyclic esters (lactones) is 1. The number of fused-ring (bicyclic) bond motifs is 3. The predicted molar refractivity (Wildman–Crippen MR) is 202 cm³/mol. The Morgan fingerprint density at radius 2 is 1.78 bits per heavy atom. The Labute approximate surface area is 318 Å². The number of benzene rings is 1. The maximum atomic E-state index is 14.9. The van der Waals surface area contributed by atoms with Gasteiger partial charge in [0.1, 0.15) is 6.10 Å². The van der Waals surface area contributed by atoms with Gasteiger partial charge >= 0.3 is 5.97 Å². The van der Waals surface area contributed by atoms with Crippen LogP contribution < -0.4 is 9.46 Å². The number of allylic oxidation sites excluding steroid dienone is 1. The first kappa shape index (κ1) is 37.1. The third-order valence-corrected chi connectivity index (χ3v) is 15.4. The smallest absolute Gasteiger partial charge is 0.306 e. The summed E-state index contributed by atoms with van der Waals surface area (Å²) in [4.78, 5) is 62.9. The van der Waals surface area contributed by atoms with Crippen molar-refractivity contribution in [2.24, 2.45) is 28.6 Å². The summed E-state index contributed by atoms with van der Waals surface area (Å²) in [6.45, 7) is 4.33. The van der Waals surface area contributed by atoms with Crippen LogP contribution in [0.5, 0.6) is 5.88 Å². The molecule has 8 rings (SSSR count). The summed E-state index contributed by atoms with van der Waals surface area (Å²) < 4.78 is 40.5. The van der Waals surface area contributed by atoms with E-state index in [2.05, 4.69) is 34.5 Å². The highest BCUT2D eigenvalue weighted by molar-refractivity contribution is 7.90. The normalized spacial score (nSPS) is 30.5. The summed E-state index contributed by atoms with van der Waals surface area (Å²) >= 11 is 0. The van der Waals surface area contributed by atoms with Gasteiger partial charge in [-0.2, -0.15) is 0 Å². The fourth-order valence-corrected chi connectivity index (χ4v) is 11.5. The standard InChI is InChI=1S/C42H53N3O8S/c1-2-30-23-42(30,40(49)44-54(50,51)32-13-14-32)24-36(46)35-21-31-25-45(35)39(48)34(28-9-3-4-10-28)22-37(47)52-26-41(16-5-6-17-41)18-7-8-27-11-12-29-15-19-43-38(53-31)33(29)20-27/h2,11-12,15,19-20,28,30-32,34-35H,1,3-10,13-14,16-18,21-26H2,(H,44,49)/t30-,31-,34+,35+,42-/m1/s1. The molecule has 0 unspecified atom stereocenters. The van der Waals surface area contributed by atoms with Gasteiger partial charge < -0.3 is 14.4 Å². The highest BCUT2D eigenvalue weighted by Gasteiger charge is 2.61. The van der Waals surface area contributed by atoms with Gasteiger partial charge in [-0.1, -0.05) is 43.9 Å². The molecule has 4 saturated carbocycles. The molecule has 1 aromatic carbocycles. The van der Waals surface area contributed by atoms with E-state index in [0.717, 1.165) is 87.0 Å². The lowest BCUT2D eigenvalue weighted by molar-refractivity contribution is -0.154. The second-order valence-electron chi connectivity index (χ2n) is 17.3. The van der Waals surface area contributed by atoms with E-state index in [1.54, 1.807) is 17.2 Å². The second kappa shape index (κ2) is 14.7. The molecule has 2 amide bonds. The molecule has 6 aliphatic rings. The molecule has 4 bridgehead atoms. The molecule has 2 aliphatic heterocycles. The Bertz CT molecular complexity index is 1930. The molecule has 0 radical (unpaired) electrons. The van der Waals surface area contributed by atoms with E-state index in [4.69, 9.17) is 9.47 Å². The van der Waals surface area contributed by atoms with Crippen LogP contribution >= 0.6 is 0 Å². The molecule has 12 heteroatoms. The number of aryl methyl sites for hydroxylation is 1. The minimum absolute atomic E-state index is 0.0108. The van der Waals surface area contributed by atoms with Crippen molar-refractivity contribution in [3.63, 3.8) is 0 Å². The summed E-state index contributed by atoms with van der Waals surface area (Å²) in [6.07, 6.45) is 14.6. The average molecular weight is 760 g/mol. The van der Waals surface area contributed by atoms with Gasteiger partial charge in [-0.25, -0.2) is 13.4 Å². The van der Waals surface area contributed by atoms with E-state index in [-0.39, 0.29) is 60.7 Å². The zero-order chi connectivity index (χ0) is 37.7. The molecular formula is C42H53N3O8S. The van der Waals surface area contributed by atoms with Gasteiger partial charge in [0.25, 0.3) is 0 Å². The molecule has 1 spiro atoms. The van der Waals surface area contributed by atoms with Crippen LogP contribution in [0.15, 0.2) is 43.1 Å². The summed E-state index contributed by atoms with van der Waals surface area (Å²) in [5.74, 6) is -2.22. The number of carbonyl (C=O) groups excluding carboxylic acids is 4. The van der Waals surface area contributed by atoms with Crippen LogP contribution in [0, 0.1) is 28.6 Å². The summed E-state index contributed by atoms with van der Waals surface area (Å²) in [5, 5.41) is 1.27. The Morgan fingerprint density at radius 3 is 2.50 bits per heavy atom. The molecule has 1 N–H and O–H groups in total. The number of hydrogen-bond acceptors (Lipinski definition) is 9. The first-order valence-electron chi connectivity index (χ1n) is 20.2. The molecule has 290 valence electrons. The molecule has 5 atom stereocenters. The minimum atomic E-state index is -3.83. The van der Waals surface area contributed by atoms with Gasteiger partial charge in [0, 0.05) is 29.8 Å². The van der Waals surface area contributed by atoms with E-state index < -0.39 is 44.7 Å². The molecule has 1 aromatic heterocycles. The SMILES string of the molecule is C=C[C@@H]1C[C@]1(CC(=O)[C@@H]1C[C@@H]2CN1C(=O)[C@H](C1CCCC1)CC(=O)OCC1(CCCC1)CCCc1ccc3ccnc(c3c1)O2)C(=O)NS(=O)(=O)C1CC1. The summed E-state index contributed by atoms with van der Waals surface area (Å²) in [5.41, 5.74) is -0.151. The first-order chi connectivity index (χ1) is 26.0. The van der Waals surface area contributed by atoms with Crippen LogP contribution in [0.1, 0.15) is 108 Å². The number of ether oxygens (including phenoxy) is 2. The number of ketones is 1. The lowest BCUT2D eigenvalue weighted by Crippen LogP contribution is -2.47. The molecule has 11 nitrogen and oxygen atoms in total. The lowest BCUT2D eigenvalue weighted by Gasteiger charge is -2.32. The average Bonchev–Trinajstić information content (AvgIpc) is 3.93. The Balaban J connectivity index is 1.12. The van der Waals surface area contributed by atoms with Crippen LogP contribution in [0.25, 0.3) is 10.8 Å². The Morgan fingerprint density at radius 1 is 1.02 bits per heavy atom. The van der Waals surface area contributed by atoms with Crippen LogP contribution in [0.2, 0.25) is 0 Å². The number of carbonyl (C=O) groups is 4. The minimum Gasteiger partial charge on any atom is -0.472 e. The van der Waals surface area contributed by atoms with E-state index in [1.807, 2.05) is 6.07 Å². The van der Waals surface area contributed by atoms with Crippen molar-refractivity contribution >= 4 is 44.4 Å². The molecule has 3 heterocycles. The number of rotatable bonds is 8. The number of amides is 2. The van der Waals surface area contributed by atoms with Gasteiger partial charge in [0.15, 0.2) is 5.78 Å². The largest absolute Gasteiger partial charge is 0.472 e. The fraction of sp³-hybridized carbons (Fsp3) is 0.643. The topological polar surface area (TPSA) is 149 Å². The zero-order valence-corrected chi connectivity index (χ0v) is 32.0. The third-order valence-electron chi connectivity index (χ3n) is 13.6. The van der Waals surface area contributed by atoms with Gasteiger partial charge in [-0.15, -0.1) is 6.58 Å². The van der Waals surface area contributed by atoms with Gasteiger partial charge in [0.05, 0.1) is 42.2 Å². The highest BCUT2D eigenvalue weighted by atomic mass is 32.2. The summed E-state index contributed by atoms with van der Waals surface area (Å²) in [7, 11) is -3.83. The Kier molecular flexibility index (Phi) is 10.1. The van der Waals surface area contributed by atoms with Crippen LogP contribution in [0.3, 0.4) is 0 Å². The maximum Gasteiger partial charge on any atom is 0.306 e. The number of sulfonamides is 1. The van der Waals surface area contributed by atoms with Gasteiger partial charge in [-0.3, -0.25) is 23.9 Å². The lowest BCUT2D eigenvalue weighted by atomic mass is 9.81. The van der Waals surface area contributed by atoms with Crippen molar-refractivity contribution in [3.8, 4) is 5.88 Å². The van der Waals surface area contributed by atoms with Crippen LogP contribution in [0.4, 0.5) is 0 Å². The van der Waals surface area contributed by atoms with Crippen molar-refractivity contribution in [1.82, 2.24) is 14.6 Å². The molecule has 5 fully saturated rings. The number of hydrogen-bond donors (Lipinski definition) is 1. The van der Waals surface area contributed by atoms with Gasteiger partial charge in [0.2, 0.25) is 27.7 Å². The first-order valence-corrected chi connectivity index (χ1v) is 21.8. The number of pyridine rings is 1. The van der Waals surface area contributed by atoms with E-state index in [0.29, 0.717) is 31.7 Å². The third kappa shape index (κ3) is 7.43. The van der Waals surface area contributed by atoms with E-state index >= 15 is 0 Å². The highest BCUT2D eigenvalue weighted by Crippen LogP contribution is 2.57. The van der Waals surface area contributed by atoms with Crippen molar-refractivity contribution in [2.45, 2.75) is 127 Å². The monoisotopic (exact) mass is 759 g/mol. The van der Waals surface area contributed by atoms with Crippen LogP contribution in [-0.4, -0.2) is 72.4 Å². The molecule has 54 heavy (non-hydrogen) atoms. The molecular weight excluding hydrogens is 707 g/mol. The molecule has 4 aliphatic carbocycles. The number of nitrogens with one attached hydrogen (secondary N) is 1. The molecule has 1 saturated heterocycles. The maximum absolute atomic E-state index is 14.9. The number of aromatic nitrogens is 1. The second-order valence-corrected chi connectivity index (χ2v) is 19.2. The number of Topliss-reactive ketones (excluding diaryl/α,β-unsaturated/α-hetero) is 1. The summed E-state index contributed by atoms with van der Waals surface area (Å²) in [6, 6.07) is 7.36. The number of nitrogens with zero attached hydrogens (tertiary/aromatic N) is 2. The van der Waals surface area contributed by atoms with Crippen molar-refractivity contribution in [1.29, 1.82) is 0 Å². The van der Waals surface area contributed by atoms with E-state index in [9.17, 15) is 27.6 Å². The number of esters is 1. The van der Waals surface area contributed by atoms with Crippen molar-refractivity contribution in [2.75, 3.05) is 13.2 Å². The quantitative estimate of drug-likeness (QED) is 0.254. The van der Waals surface area contributed by atoms with Crippen molar-refractivity contribution < 1.29 is 37.1 Å². The van der Waals surface area contributed by atoms with Gasteiger partial charge in [-0.05, 0) is 99.1 Å².